The maximum Gasteiger partial charge on any atom is 0.257 e. The fourth-order valence-corrected chi connectivity index (χ4v) is 2.33. The van der Waals surface area contributed by atoms with Gasteiger partial charge in [0.25, 0.3) is 5.91 Å². The van der Waals surface area contributed by atoms with Gasteiger partial charge in [0, 0.05) is 31.5 Å². The third kappa shape index (κ3) is 3.50. The molecule has 110 valence electrons. The van der Waals surface area contributed by atoms with E-state index in [1.807, 2.05) is 24.9 Å². The van der Waals surface area contributed by atoms with Crippen LogP contribution < -0.4 is 5.32 Å². The highest BCUT2D eigenvalue weighted by molar-refractivity contribution is 5.99. The van der Waals surface area contributed by atoms with Crippen LogP contribution >= 0.6 is 0 Å². The summed E-state index contributed by atoms with van der Waals surface area (Å²) in [5, 5.41) is 3.11. The van der Waals surface area contributed by atoms with Crippen LogP contribution in [0.25, 0.3) is 0 Å². The molecule has 1 aliphatic carbocycles. The number of hydrogen-bond donors (Lipinski definition) is 1. The zero-order valence-corrected chi connectivity index (χ0v) is 12.9. The third-order valence-corrected chi connectivity index (χ3v) is 3.74. The standard InChI is InChI=1S/C16H25N3O/c1-11(2)7-8-19(13-5-6-13)16(20)14-10-18-12(3)9-15(14)17-4/h9-11,13H,5-8H2,1-4H3,(H,17,18). The molecule has 1 aromatic rings. The van der Waals surface area contributed by atoms with Gasteiger partial charge in [-0.3, -0.25) is 9.78 Å². The Morgan fingerprint density at radius 2 is 2.20 bits per heavy atom. The molecule has 1 fully saturated rings. The zero-order valence-electron chi connectivity index (χ0n) is 12.9. The first-order valence-corrected chi connectivity index (χ1v) is 7.48. The lowest BCUT2D eigenvalue weighted by Crippen LogP contribution is -2.35. The third-order valence-electron chi connectivity index (χ3n) is 3.74. The second-order valence-electron chi connectivity index (χ2n) is 6.03. The Morgan fingerprint density at radius 1 is 1.50 bits per heavy atom. The minimum atomic E-state index is 0.116. The molecule has 1 N–H and O–H groups in total. The average Bonchev–Trinajstić information content (AvgIpc) is 3.22. The van der Waals surface area contributed by atoms with Crippen LogP contribution in [0.5, 0.6) is 0 Å². The summed E-state index contributed by atoms with van der Waals surface area (Å²) in [6.07, 6.45) is 5.03. The van der Waals surface area contributed by atoms with Crippen LogP contribution in [0.2, 0.25) is 0 Å². The van der Waals surface area contributed by atoms with Crippen LogP contribution in [0, 0.1) is 12.8 Å². The number of pyridine rings is 1. The Balaban J connectivity index is 2.18. The maximum atomic E-state index is 12.8. The van der Waals surface area contributed by atoms with Gasteiger partial charge in [-0.1, -0.05) is 13.8 Å². The van der Waals surface area contributed by atoms with Crippen LogP contribution in [-0.2, 0) is 0 Å². The number of aryl methyl sites for hydroxylation is 1. The summed E-state index contributed by atoms with van der Waals surface area (Å²) in [4.78, 5) is 19.1. The van der Waals surface area contributed by atoms with E-state index in [2.05, 4.69) is 24.1 Å². The Morgan fingerprint density at radius 3 is 2.75 bits per heavy atom. The lowest BCUT2D eigenvalue weighted by Gasteiger charge is -2.24. The van der Waals surface area contributed by atoms with E-state index in [-0.39, 0.29) is 5.91 Å². The van der Waals surface area contributed by atoms with Gasteiger partial charge in [-0.15, -0.1) is 0 Å². The van der Waals surface area contributed by atoms with E-state index in [0.717, 1.165) is 37.2 Å². The van der Waals surface area contributed by atoms with Crippen LogP contribution in [0.15, 0.2) is 12.3 Å². The summed E-state index contributed by atoms with van der Waals surface area (Å²) in [6.45, 7) is 7.18. The van der Waals surface area contributed by atoms with Crippen molar-refractivity contribution in [1.29, 1.82) is 0 Å². The van der Waals surface area contributed by atoms with Crippen molar-refractivity contribution in [3.05, 3.63) is 23.5 Å². The molecule has 1 aliphatic rings. The summed E-state index contributed by atoms with van der Waals surface area (Å²) in [6, 6.07) is 2.37. The molecule has 0 spiro atoms. The molecule has 4 heteroatoms. The number of aromatic nitrogens is 1. The summed E-state index contributed by atoms with van der Waals surface area (Å²) in [5.41, 5.74) is 2.48. The van der Waals surface area contributed by atoms with Gasteiger partial charge in [0.1, 0.15) is 0 Å². The molecule has 1 heterocycles. The number of nitrogens with zero attached hydrogens (tertiary/aromatic N) is 2. The van der Waals surface area contributed by atoms with E-state index in [1.54, 1.807) is 6.20 Å². The molecule has 4 nitrogen and oxygen atoms in total. The summed E-state index contributed by atoms with van der Waals surface area (Å²) < 4.78 is 0. The van der Waals surface area contributed by atoms with Crippen LogP contribution in [-0.4, -0.2) is 35.4 Å². The summed E-state index contributed by atoms with van der Waals surface area (Å²) in [7, 11) is 1.85. The molecule has 20 heavy (non-hydrogen) atoms. The predicted octanol–water partition coefficient (Wildman–Crippen LogP) is 3.08. The number of carbonyl (C=O) groups excluding carboxylic acids is 1. The number of carbonyl (C=O) groups is 1. The smallest absolute Gasteiger partial charge is 0.257 e. The molecular weight excluding hydrogens is 250 g/mol. The van der Waals surface area contributed by atoms with Crippen LogP contribution in [0.3, 0.4) is 0 Å². The molecular formula is C16H25N3O. The quantitative estimate of drug-likeness (QED) is 0.867. The first kappa shape index (κ1) is 14.8. The second kappa shape index (κ2) is 6.25. The highest BCUT2D eigenvalue weighted by Crippen LogP contribution is 2.30. The van der Waals surface area contributed by atoms with Crippen molar-refractivity contribution in [2.75, 3.05) is 18.9 Å². The lowest BCUT2D eigenvalue weighted by molar-refractivity contribution is 0.0736. The van der Waals surface area contributed by atoms with Crippen molar-refractivity contribution in [2.45, 2.75) is 46.1 Å². The van der Waals surface area contributed by atoms with Crippen molar-refractivity contribution < 1.29 is 4.79 Å². The predicted molar refractivity (Wildman–Crippen MR) is 82.0 cm³/mol. The van der Waals surface area contributed by atoms with Gasteiger partial charge in [0.2, 0.25) is 0 Å². The van der Waals surface area contributed by atoms with E-state index < -0.39 is 0 Å². The molecule has 1 aromatic heterocycles. The van der Waals surface area contributed by atoms with Gasteiger partial charge in [-0.2, -0.15) is 0 Å². The molecule has 0 bridgehead atoms. The van der Waals surface area contributed by atoms with Gasteiger partial charge in [-0.25, -0.2) is 0 Å². The average molecular weight is 275 g/mol. The summed E-state index contributed by atoms with van der Waals surface area (Å²) >= 11 is 0. The monoisotopic (exact) mass is 275 g/mol. The number of amides is 1. The van der Waals surface area contributed by atoms with Crippen molar-refractivity contribution >= 4 is 11.6 Å². The Labute approximate surface area is 121 Å². The lowest BCUT2D eigenvalue weighted by atomic mass is 10.1. The minimum absolute atomic E-state index is 0.116. The van der Waals surface area contributed by atoms with Crippen molar-refractivity contribution in [3.63, 3.8) is 0 Å². The normalized spacial score (nSPS) is 14.4. The largest absolute Gasteiger partial charge is 0.387 e. The van der Waals surface area contributed by atoms with E-state index in [0.29, 0.717) is 17.5 Å². The van der Waals surface area contributed by atoms with E-state index in [4.69, 9.17) is 0 Å². The van der Waals surface area contributed by atoms with E-state index >= 15 is 0 Å². The van der Waals surface area contributed by atoms with E-state index in [1.165, 1.54) is 0 Å². The van der Waals surface area contributed by atoms with Crippen molar-refractivity contribution in [3.8, 4) is 0 Å². The molecule has 1 amide bonds. The number of nitrogens with one attached hydrogen (secondary N) is 1. The fraction of sp³-hybridized carbons (Fsp3) is 0.625. The highest BCUT2D eigenvalue weighted by Gasteiger charge is 2.33. The first-order chi connectivity index (χ1) is 9.52. The molecule has 0 radical (unpaired) electrons. The van der Waals surface area contributed by atoms with Crippen LogP contribution in [0.1, 0.15) is 49.2 Å². The van der Waals surface area contributed by atoms with Gasteiger partial charge < -0.3 is 10.2 Å². The minimum Gasteiger partial charge on any atom is -0.387 e. The Hall–Kier alpha value is -1.58. The maximum absolute atomic E-state index is 12.8. The Bertz CT molecular complexity index is 481. The molecule has 0 aromatic carbocycles. The van der Waals surface area contributed by atoms with Crippen molar-refractivity contribution in [1.82, 2.24) is 9.88 Å². The number of anilines is 1. The van der Waals surface area contributed by atoms with Crippen molar-refractivity contribution in [2.24, 2.45) is 5.92 Å². The van der Waals surface area contributed by atoms with E-state index in [9.17, 15) is 4.79 Å². The number of hydrogen-bond acceptors (Lipinski definition) is 3. The highest BCUT2D eigenvalue weighted by atomic mass is 16.2. The van der Waals surface area contributed by atoms with Gasteiger partial charge in [0.15, 0.2) is 0 Å². The molecule has 0 aliphatic heterocycles. The topological polar surface area (TPSA) is 45.2 Å². The van der Waals surface area contributed by atoms with Gasteiger partial charge in [-0.05, 0) is 38.2 Å². The molecule has 0 atom stereocenters. The first-order valence-electron chi connectivity index (χ1n) is 7.48. The molecule has 0 unspecified atom stereocenters. The van der Waals surface area contributed by atoms with Crippen LogP contribution in [0.4, 0.5) is 5.69 Å². The molecule has 0 saturated heterocycles. The molecule has 1 saturated carbocycles. The second-order valence-corrected chi connectivity index (χ2v) is 6.03. The molecule has 2 rings (SSSR count). The Kier molecular flexibility index (Phi) is 4.63. The summed E-state index contributed by atoms with van der Waals surface area (Å²) in [5.74, 6) is 0.731. The SMILES string of the molecule is CNc1cc(C)ncc1C(=O)N(CCC(C)C)C1CC1. The number of rotatable bonds is 6. The van der Waals surface area contributed by atoms with Gasteiger partial charge in [0.05, 0.1) is 11.3 Å². The fourth-order valence-electron chi connectivity index (χ4n) is 2.33. The van der Waals surface area contributed by atoms with Gasteiger partial charge >= 0.3 is 0 Å². The zero-order chi connectivity index (χ0) is 14.7.